The molecule has 0 aromatic rings. The highest BCUT2D eigenvalue weighted by molar-refractivity contribution is 5.87. The Balaban J connectivity index is 0.00000531. The van der Waals surface area contributed by atoms with Crippen molar-refractivity contribution in [2.75, 3.05) is 59.7 Å². The van der Waals surface area contributed by atoms with Crippen molar-refractivity contribution >= 4 is 23.8 Å². The molecule has 13 heteroatoms. The molecule has 0 aliphatic heterocycles. The van der Waals surface area contributed by atoms with Crippen LogP contribution >= 0.6 is 0 Å². The summed E-state index contributed by atoms with van der Waals surface area (Å²) in [5.41, 5.74) is 2.29. The molecule has 0 aromatic carbocycles. The van der Waals surface area contributed by atoms with E-state index in [0.29, 0.717) is 52.0 Å². The number of azo groups is 1. The number of rotatable bonds is 17. The summed E-state index contributed by atoms with van der Waals surface area (Å²) in [5.74, 6) is -0.595. The maximum atomic E-state index is 12.2. The number of nitrogens with zero attached hydrogens (tertiary/aromatic N) is 2. The van der Waals surface area contributed by atoms with E-state index in [1.165, 1.54) is 5.57 Å². The van der Waals surface area contributed by atoms with E-state index >= 15 is 0 Å². The number of carbonyl (C=O) groups excluding carboxylic acids is 4. The largest absolute Gasteiger partial charge is 0.449 e. The van der Waals surface area contributed by atoms with Crippen molar-refractivity contribution in [1.82, 2.24) is 21.3 Å². The number of amides is 4. The monoisotopic (exact) mass is 682 g/mol. The molecular weight excluding hydrogens is 616 g/mol. The van der Waals surface area contributed by atoms with Crippen LogP contribution in [-0.2, 0) is 28.6 Å². The molecule has 48 heavy (non-hydrogen) atoms. The van der Waals surface area contributed by atoms with Gasteiger partial charge in [-0.05, 0) is 69.8 Å². The molecule has 13 nitrogen and oxygen atoms in total. The molecule has 278 valence electrons. The normalized spacial score (nSPS) is 23.1. The third-order valence-corrected chi connectivity index (χ3v) is 8.75. The van der Waals surface area contributed by atoms with Gasteiger partial charge in [0.1, 0.15) is 0 Å². The van der Waals surface area contributed by atoms with Crippen molar-refractivity contribution in [3.05, 3.63) is 11.3 Å². The molecule has 0 spiro atoms. The topological polar surface area (TPSA) is 169 Å². The molecule has 1 saturated carbocycles. The molecule has 2 aliphatic rings. The summed E-state index contributed by atoms with van der Waals surface area (Å²) < 4.78 is 16.5. The summed E-state index contributed by atoms with van der Waals surface area (Å²) in [5, 5.41) is 19.0. The van der Waals surface area contributed by atoms with Crippen LogP contribution in [0.25, 0.3) is 0 Å². The minimum Gasteiger partial charge on any atom is -0.449 e. The maximum absolute atomic E-state index is 12.2. The Bertz CT molecular complexity index is 1060. The van der Waals surface area contributed by atoms with Gasteiger partial charge in [0.25, 0.3) is 0 Å². The molecule has 0 heterocycles. The Hall–Kier alpha value is -3.06. The van der Waals surface area contributed by atoms with Crippen LogP contribution in [0.2, 0.25) is 0 Å². The average Bonchev–Trinajstić information content (AvgIpc) is 3.51. The van der Waals surface area contributed by atoms with Crippen molar-refractivity contribution in [2.45, 2.75) is 113 Å². The van der Waals surface area contributed by atoms with Crippen molar-refractivity contribution in [1.29, 1.82) is 0 Å². The number of carbonyl (C=O) groups is 4. The fourth-order valence-electron chi connectivity index (χ4n) is 5.87. The molecule has 0 bridgehead atoms. The fourth-order valence-corrected chi connectivity index (χ4v) is 5.87. The van der Waals surface area contributed by atoms with Gasteiger partial charge in [0.05, 0.1) is 45.3 Å². The lowest BCUT2D eigenvalue weighted by atomic mass is 9.84. The summed E-state index contributed by atoms with van der Waals surface area (Å²) in [6.07, 6.45) is 3.52. The lowest BCUT2D eigenvalue weighted by Crippen LogP contribution is -2.45. The van der Waals surface area contributed by atoms with Gasteiger partial charge in [-0.3, -0.25) is 14.4 Å². The molecule has 4 amide bonds. The molecular formula is C35H66N6O7. The van der Waals surface area contributed by atoms with E-state index in [4.69, 9.17) is 14.2 Å². The maximum Gasteiger partial charge on any atom is 0.407 e. The van der Waals surface area contributed by atoms with Gasteiger partial charge in [0.15, 0.2) is 0 Å². The predicted octanol–water partition coefficient (Wildman–Crippen LogP) is 5.30. The van der Waals surface area contributed by atoms with Crippen LogP contribution in [0.4, 0.5) is 4.79 Å². The first kappa shape index (κ1) is 44.9. The van der Waals surface area contributed by atoms with Crippen molar-refractivity contribution in [2.24, 2.45) is 27.0 Å². The molecule has 4 N–H and O–H groups in total. The van der Waals surface area contributed by atoms with Gasteiger partial charge in [0.2, 0.25) is 17.7 Å². The standard InChI is InChI=1S/C31H54N6O7.2C2H6/c1-22-10-12-30(5)24(31(30,6)13-11-23(22)37-32-7)21-44-28(41)34-15-17-43-19-18-42-16-14-33-25(38)8-9-26(39)35-20-27(40)36-29(2,3)4;2*1-2/h24H,8-21H2,1-7H3,(H,33,38)(H,34,41)(H,35,39)(H,36,40);2*1-2H3/b23-22+,37-32?;;/t24-,30+,31-;;/m1../s1. The second kappa shape index (κ2) is 23.3. The van der Waals surface area contributed by atoms with Gasteiger partial charge >= 0.3 is 6.09 Å². The highest BCUT2D eigenvalue weighted by atomic mass is 16.6. The molecule has 0 aromatic heterocycles. The molecule has 3 atom stereocenters. The second-order valence-electron chi connectivity index (χ2n) is 13.1. The van der Waals surface area contributed by atoms with E-state index in [1.807, 2.05) is 48.5 Å². The summed E-state index contributed by atoms with van der Waals surface area (Å²) in [7, 11) is 1.70. The van der Waals surface area contributed by atoms with Gasteiger partial charge in [-0.15, -0.1) is 0 Å². The summed E-state index contributed by atoms with van der Waals surface area (Å²) in [6.45, 7) is 22.5. The number of hydrogen-bond acceptors (Lipinski definition) is 9. The predicted molar refractivity (Wildman–Crippen MR) is 188 cm³/mol. The SMILES string of the molecule is CC.CC.CN=N/C1=C(\C)CC[C@@]2(C)[C@@H](COC(=O)NCCOCCOCCNC(=O)CCC(=O)NCC(=O)NC(C)(C)C)[C@@]2(C)CC1. The van der Waals surface area contributed by atoms with Crippen LogP contribution in [0.5, 0.6) is 0 Å². The number of hydrogen-bond donors (Lipinski definition) is 4. The first-order valence-corrected chi connectivity index (χ1v) is 17.6. The summed E-state index contributed by atoms with van der Waals surface area (Å²) in [4.78, 5) is 47.7. The van der Waals surface area contributed by atoms with Crippen LogP contribution in [0.3, 0.4) is 0 Å². The summed E-state index contributed by atoms with van der Waals surface area (Å²) >= 11 is 0. The fraction of sp³-hybridized carbons (Fsp3) is 0.829. The Morgan fingerprint density at radius 3 is 1.85 bits per heavy atom. The molecule has 0 saturated heterocycles. The van der Waals surface area contributed by atoms with E-state index in [0.717, 1.165) is 31.4 Å². The van der Waals surface area contributed by atoms with Crippen molar-refractivity contribution in [3.8, 4) is 0 Å². The van der Waals surface area contributed by atoms with E-state index in [2.05, 4.69) is 52.3 Å². The highest BCUT2D eigenvalue weighted by Gasteiger charge is 2.69. The molecule has 2 aliphatic carbocycles. The van der Waals surface area contributed by atoms with Crippen LogP contribution in [0.15, 0.2) is 21.5 Å². The van der Waals surface area contributed by atoms with E-state index in [1.54, 1.807) is 7.05 Å². The third kappa shape index (κ3) is 16.4. The molecule has 1 fully saturated rings. The average molecular weight is 683 g/mol. The number of alkyl carbamates (subject to hydrolysis) is 1. The Kier molecular flexibility index (Phi) is 21.8. The first-order chi connectivity index (χ1) is 22.7. The van der Waals surface area contributed by atoms with E-state index in [9.17, 15) is 19.2 Å². The molecule has 0 radical (unpaired) electrons. The van der Waals surface area contributed by atoms with Gasteiger partial charge in [-0.25, -0.2) is 4.79 Å². The number of ether oxygens (including phenoxy) is 3. The van der Waals surface area contributed by atoms with Crippen LogP contribution in [0, 0.1) is 16.7 Å². The van der Waals surface area contributed by atoms with Gasteiger partial charge in [-0.1, -0.05) is 41.5 Å². The highest BCUT2D eigenvalue weighted by Crippen LogP contribution is 2.74. The zero-order chi connectivity index (χ0) is 36.8. The third-order valence-electron chi connectivity index (χ3n) is 8.75. The van der Waals surface area contributed by atoms with Crippen molar-refractivity contribution in [3.63, 3.8) is 0 Å². The summed E-state index contributed by atoms with van der Waals surface area (Å²) in [6, 6.07) is 0. The lowest BCUT2D eigenvalue weighted by molar-refractivity contribution is -0.128. The minimum atomic E-state index is -0.439. The van der Waals surface area contributed by atoms with Crippen LogP contribution in [0.1, 0.15) is 108 Å². The number of fused-ring (bicyclic) bond motifs is 1. The number of allylic oxidation sites excluding steroid dienone is 2. The minimum absolute atomic E-state index is 0.00437. The zero-order valence-electron chi connectivity index (χ0n) is 31.7. The Labute approximate surface area is 289 Å². The quantitative estimate of drug-likeness (QED) is 0.119. The first-order valence-electron chi connectivity index (χ1n) is 17.6. The lowest BCUT2D eigenvalue weighted by Gasteiger charge is -2.22. The molecule has 0 unspecified atom stereocenters. The van der Waals surface area contributed by atoms with E-state index in [-0.39, 0.29) is 53.5 Å². The van der Waals surface area contributed by atoms with Gasteiger partial charge in [0, 0.05) is 44.4 Å². The van der Waals surface area contributed by atoms with Gasteiger partial charge in [-0.2, -0.15) is 10.2 Å². The van der Waals surface area contributed by atoms with Crippen molar-refractivity contribution < 1.29 is 33.4 Å². The molecule has 2 rings (SSSR count). The number of nitrogens with one attached hydrogen (secondary N) is 4. The zero-order valence-corrected chi connectivity index (χ0v) is 31.7. The van der Waals surface area contributed by atoms with Gasteiger partial charge < -0.3 is 35.5 Å². The van der Waals surface area contributed by atoms with E-state index < -0.39 is 6.09 Å². The van der Waals surface area contributed by atoms with Crippen LogP contribution in [-0.4, -0.2) is 89.1 Å². The van der Waals surface area contributed by atoms with Crippen LogP contribution < -0.4 is 21.3 Å². The Morgan fingerprint density at radius 2 is 1.31 bits per heavy atom. The Morgan fingerprint density at radius 1 is 0.792 bits per heavy atom. The second-order valence-corrected chi connectivity index (χ2v) is 13.1. The smallest absolute Gasteiger partial charge is 0.407 e.